The highest BCUT2D eigenvalue weighted by molar-refractivity contribution is 5.26. The van der Waals surface area contributed by atoms with Gasteiger partial charge in [0.2, 0.25) is 0 Å². The summed E-state index contributed by atoms with van der Waals surface area (Å²) in [5.41, 5.74) is 7.01. The van der Waals surface area contributed by atoms with Gasteiger partial charge in [-0.05, 0) is 42.9 Å². The number of halogens is 1. The molecule has 1 aliphatic carbocycles. The first-order valence-electron chi connectivity index (χ1n) is 4.69. The second-order valence-electron chi connectivity index (χ2n) is 3.92. The van der Waals surface area contributed by atoms with Gasteiger partial charge in [0.15, 0.2) is 0 Å². The highest BCUT2D eigenvalue weighted by Gasteiger charge is 2.40. The van der Waals surface area contributed by atoms with Crippen LogP contribution in [0.25, 0.3) is 0 Å². The fraction of sp³-hybridized carbons (Fsp3) is 0.455. The van der Waals surface area contributed by atoms with Crippen LogP contribution in [0.2, 0.25) is 0 Å². The van der Waals surface area contributed by atoms with Gasteiger partial charge in [0.05, 0.1) is 0 Å². The van der Waals surface area contributed by atoms with Crippen LogP contribution in [-0.2, 0) is 0 Å². The molecule has 1 saturated carbocycles. The first-order valence-corrected chi connectivity index (χ1v) is 4.69. The maximum absolute atomic E-state index is 12.6. The van der Waals surface area contributed by atoms with Crippen LogP contribution in [0.15, 0.2) is 24.3 Å². The van der Waals surface area contributed by atoms with Gasteiger partial charge in [0.1, 0.15) is 5.82 Å². The van der Waals surface area contributed by atoms with Crippen molar-refractivity contribution in [1.82, 2.24) is 0 Å². The molecule has 1 unspecified atom stereocenters. The minimum atomic E-state index is -0.165. The van der Waals surface area contributed by atoms with Crippen molar-refractivity contribution >= 4 is 0 Å². The Balaban J connectivity index is 2.08. The normalized spacial score (nSPS) is 28.5. The number of hydrogen-bond acceptors (Lipinski definition) is 1. The Morgan fingerprint density at radius 2 is 2.00 bits per heavy atom. The zero-order chi connectivity index (χ0) is 9.42. The van der Waals surface area contributed by atoms with Crippen LogP contribution < -0.4 is 5.73 Å². The van der Waals surface area contributed by atoms with E-state index in [1.54, 1.807) is 0 Å². The smallest absolute Gasteiger partial charge is 0.123 e. The summed E-state index contributed by atoms with van der Waals surface area (Å²) in [7, 11) is 0. The molecular weight excluding hydrogens is 165 g/mol. The lowest BCUT2D eigenvalue weighted by Gasteiger charge is -2.03. The van der Waals surface area contributed by atoms with Gasteiger partial charge >= 0.3 is 0 Å². The summed E-state index contributed by atoms with van der Waals surface area (Å²) in [5.74, 6) is 1.01. The monoisotopic (exact) mass is 179 g/mol. The molecule has 70 valence electrons. The molecular formula is C11H14FN. The topological polar surface area (TPSA) is 26.0 Å². The summed E-state index contributed by atoms with van der Waals surface area (Å²) in [6.07, 6.45) is 1.16. The van der Waals surface area contributed by atoms with Gasteiger partial charge in [0.25, 0.3) is 0 Å². The van der Waals surface area contributed by atoms with Gasteiger partial charge in [-0.1, -0.05) is 12.1 Å². The van der Waals surface area contributed by atoms with Crippen molar-refractivity contribution in [3.63, 3.8) is 0 Å². The highest BCUT2D eigenvalue weighted by Crippen LogP contribution is 2.48. The quantitative estimate of drug-likeness (QED) is 0.740. The predicted octanol–water partition coefficient (Wildman–Crippen LogP) is 2.28. The first-order chi connectivity index (χ1) is 6.18. The summed E-state index contributed by atoms with van der Waals surface area (Å²) in [6, 6.07) is 7.03. The van der Waals surface area contributed by atoms with Crippen molar-refractivity contribution < 1.29 is 4.39 Å². The Morgan fingerprint density at radius 3 is 2.46 bits per heavy atom. The Kier molecular flexibility index (Phi) is 2.08. The molecule has 2 rings (SSSR count). The van der Waals surface area contributed by atoms with Gasteiger partial charge < -0.3 is 5.73 Å². The van der Waals surface area contributed by atoms with Crippen LogP contribution in [0.4, 0.5) is 4.39 Å². The van der Waals surface area contributed by atoms with E-state index in [-0.39, 0.29) is 11.9 Å². The lowest BCUT2D eigenvalue weighted by molar-refractivity contribution is 0.622. The number of rotatable bonds is 2. The largest absolute Gasteiger partial charge is 0.328 e. The van der Waals surface area contributed by atoms with E-state index < -0.39 is 0 Å². The Hall–Kier alpha value is -0.890. The van der Waals surface area contributed by atoms with E-state index in [9.17, 15) is 4.39 Å². The summed E-state index contributed by atoms with van der Waals surface area (Å²) in [6.45, 7) is 2.04. The Labute approximate surface area is 77.8 Å². The standard InChI is InChI=1S/C11H14FN/c1-7(13)10-6-11(10)8-2-4-9(12)5-3-8/h2-5,7,10-11H,6,13H2,1H3/t7-,10?,11+/m1/s1. The average Bonchev–Trinajstić information content (AvgIpc) is 2.85. The van der Waals surface area contributed by atoms with E-state index >= 15 is 0 Å². The van der Waals surface area contributed by atoms with Crippen molar-refractivity contribution in [3.05, 3.63) is 35.6 Å². The van der Waals surface area contributed by atoms with Crippen molar-refractivity contribution in [1.29, 1.82) is 0 Å². The van der Waals surface area contributed by atoms with E-state index in [0.717, 1.165) is 6.42 Å². The molecule has 1 aromatic rings. The molecule has 0 aliphatic heterocycles. The third kappa shape index (κ3) is 1.73. The van der Waals surface area contributed by atoms with Crippen LogP contribution >= 0.6 is 0 Å². The van der Waals surface area contributed by atoms with Gasteiger partial charge in [-0.3, -0.25) is 0 Å². The lowest BCUT2D eigenvalue weighted by Crippen LogP contribution is -2.17. The van der Waals surface area contributed by atoms with Crippen LogP contribution in [-0.4, -0.2) is 6.04 Å². The van der Waals surface area contributed by atoms with Crippen LogP contribution in [0.1, 0.15) is 24.8 Å². The summed E-state index contributed by atoms with van der Waals surface area (Å²) >= 11 is 0. The van der Waals surface area contributed by atoms with E-state index in [2.05, 4.69) is 0 Å². The van der Waals surface area contributed by atoms with Gasteiger partial charge in [-0.25, -0.2) is 4.39 Å². The van der Waals surface area contributed by atoms with Gasteiger partial charge in [-0.2, -0.15) is 0 Å². The molecule has 1 nitrogen and oxygen atoms in total. The second kappa shape index (κ2) is 3.11. The fourth-order valence-corrected chi connectivity index (χ4v) is 1.89. The molecule has 1 fully saturated rings. The predicted molar refractivity (Wildman–Crippen MR) is 50.9 cm³/mol. The van der Waals surface area contributed by atoms with Crippen LogP contribution in [0, 0.1) is 11.7 Å². The lowest BCUT2D eigenvalue weighted by atomic mass is 10.1. The van der Waals surface area contributed by atoms with Crippen molar-refractivity contribution in [2.24, 2.45) is 11.7 Å². The molecule has 0 bridgehead atoms. The third-order valence-corrected chi connectivity index (χ3v) is 2.81. The summed E-state index contributed by atoms with van der Waals surface area (Å²) < 4.78 is 12.6. The van der Waals surface area contributed by atoms with E-state index in [4.69, 9.17) is 5.73 Å². The fourth-order valence-electron chi connectivity index (χ4n) is 1.89. The zero-order valence-electron chi connectivity index (χ0n) is 7.70. The first kappa shape index (κ1) is 8.70. The molecule has 1 aromatic carbocycles. The maximum atomic E-state index is 12.6. The van der Waals surface area contributed by atoms with E-state index in [1.807, 2.05) is 19.1 Å². The Morgan fingerprint density at radius 1 is 1.38 bits per heavy atom. The summed E-state index contributed by atoms with van der Waals surface area (Å²) in [4.78, 5) is 0. The molecule has 0 saturated heterocycles. The number of hydrogen-bond donors (Lipinski definition) is 1. The maximum Gasteiger partial charge on any atom is 0.123 e. The van der Waals surface area contributed by atoms with Crippen LogP contribution in [0.3, 0.4) is 0 Å². The minimum Gasteiger partial charge on any atom is -0.328 e. The van der Waals surface area contributed by atoms with E-state index in [1.165, 1.54) is 17.7 Å². The van der Waals surface area contributed by atoms with E-state index in [0.29, 0.717) is 11.8 Å². The van der Waals surface area contributed by atoms with Crippen molar-refractivity contribution in [2.75, 3.05) is 0 Å². The molecule has 0 aromatic heterocycles. The number of benzene rings is 1. The minimum absolute atomic E-state index is 0.165. The summed E-state index contributed by atoms with van der Waals surface area (Å²) in [5, 5.41) is 0. The second-order valence-corrected chi connectivity index (χ2v) is 3.92. The molecule has 0 spiro atoms. The Bertz CT molecular complexity index is 291. The molecule has 13 heavy (non-hydrogen) atoms. The SMILES string of the molecule is C[C@@H](N)C1C[C@H]1c1ccc(F)cc1. The van der Waals surface area contributed by atoms with Crippen molar-refractivity contribution in [3.8, 4) is 0 Å². The molecule has 2 N–H and O–H groups in total. The molecule has 0 radical (unpaired) electrons. The molecule has 0 heterocycles. The van der Waals surface area contributed by atoms with Gasteiger partial charge in [-0.15, -0.1) is 0 Å². The molecule has 3 atom stereocenters. The molecule has 1 aliphatic rings. The molecule has 2 heteroatoms. The number of nitrogens with two attached hydrogens (primary N) is 1. The average molecular weight is 179 g/mol. The van der Waals surface area contributed by atoms with Crippen molar-refractivity contribution in [2.45, 2.75) is 25.3 Å². The zero-order valence-corrected chi connectivity index (χ0v) is 7.70. The molecule has 0 amide bonds. The van der Waals surface area contributed by atoms with Crippen LogP contribution in [0.5, 0.6) is 0 Å². The van der Waals surface area contributed by atoms with Gasteiger partial charge in [0, 0.05) is 6.04 Å². The highest BCUT2D eigenvalue weighted by atomic mass is 19.1. The third-order valence-electron chi connectivity index (χ3n) is 2.81.